The molecule has 1 saturated heterocycles. The summed E-state index contributed by atoms with van der Waals surface area (Å²) >= 11 is 0. The zero-order chi connectivity index (χ0) is 22.5. The molecule has 10 heteroatoms. The first-order valence-electron chi connectivity index (χ1n) is 11.5. The molecule has 6 rings (SSSR count). The van der Waals surface area contributed by atoms with Gasteiger partial charge < -0.3 is 15.1 Å². The van der Waals surface area contributed by atoms with Gasteiger partial charge in [0, 0.05) is 55.7 Å². The molecule has 0 spiro atoms. The van der Waals surface area contributed by atoms with E-state index in [4.69, 9.17) is 10.1 Å². The van der Waals surface area contributed by atoms with Crippen molar-refractivity contribution in [3.05, 3.63) is 47.9 Å². The Kier molecular flexibility index (Phi) is 4.88. The summed E-state index contributed by atoms with van der Waals surface area (Å²) in [5.41, 5.74) is 1.56. The van der Waals surface area contributed by atoms with Crippen molar-refractivity contribution < 1.29 is 8.78 Å². The molecule has 8 nitrogen and oxygen atoms in total. The number of nitrogens with zero attached hydrogens (tertiary/aromatic N) is 7. The maximum absolute atomic E-state index is 13.8. The van der Waals surface area contributed by atoms with Crippen LogP contribution in [0.15, 0.2) is 30.6 Å². The number of halogens is 2. The quantitative estimate of drug-likeness (QED) is 0.649. The Morgan fingerprint density at radius 2 is 1.82 bits per heavy atom. The fourth-order valence-electron chi connectivity index (χ4n) is 5.53. The molecule has 1 aromatic carbocycles. The fourth-order valence-corrected chi connectivity index (χ4v) is 5.53. The fraction of sp³-hybridized carbons (Fsp3) is 0.478. The first kappa shape index (κ1) is 20.3. The molecule has 3 aromatic rings. The lowest BCUT2D eigenvalue weighted by Crippen LogP contribution is -2.48. The van der Waals surface area contributed by atoms with Gasteiger partial charge in [0.25, 0.3) is 0 Å². The smallest absolute Gasteiger partial charge is 0.244 e. The standard InChI is InChI=1S/C23H26F2N8/c1-14-9-20(27-13-26-14)31-11-15-3-4-16(12-31)21(15)28-22-29-23-32(7-2-8-33(23)30-22)17-5-6-18(24)19(25)10-17/h5-6,9-10,13,15-16,21H,2-4,7-8,11-12H2,1H3,(H,28,30)/t15-,16?,21-/m0/s1. The largest absolute Gasteiger partial charge is 0.356 e. The number of rotatable bonds is 4. The Morgan fingerprint density at radius 1 is 1.00 bits per heavy atom. The highest BCUT2D eigenvalue weighted by atomic mass is 19.2. The molecule has 0 radical (unpaired) electrons. The lowest BCUT2D eigenvalue weighted by Gasteiger charge is -2.38. The Hall–Kier alpha value is -3.30. The monoisotopic (exact) mass is 452 g/mol. The normalized spacial score (nSPS) is 24.2. The molecule has 1 unspecified atom stereocenters. The predicted octanol–water partition coefficient (Wildman–Crippen LogP) is 3.52. The van der Waals surface area contributed by atoms with Crippen molar-refractivity contribution in [2.75, 3.05) is 34.8 Å². The molecule has 2 aliphatic heterocycles. The van der Waals surface area contributed by atoms with E-state index in [1.54, 1.807) is 12.4 Å². The van der Waals surface area contributed by atoms with Crippen molar-refractivity contribution in [1.29, 1.82) is 0 Å². The van der Waals surface area contributed by atoms with Gasteiger partial charge in [-0.2, -0.15) is 4.98 Å². The van der Waals surface area contributed by atoms with E-state index < -0.39 is 11.6 Å². The maximum atomic E-state index is 13.8. The van der Waals surface area contributed by atoms with E-state index in [1.165, 1.54) is 6.07 Å². The molecular formula is C23H26F2N8. The van der Waals surface area contributed by atoms with Crippen LogP contribution >= 0.6 is 0 Å². The van der Waals surface area contributed by atoms with E-state index in [0.717, 1.165) is 56.5 Å². The summed E-state index contributed by atoms with van der Waals surface area (Å²) in [5.74, 6) is 1.53. The average Bonchev–Trinajstić information content (AvgIpc) is 3.31. The second-order valence-corrected chi connectivity index (χ2v) is 9.25. The van der Waals surface area contributed by atoms with Crippen molar-refractivity contribution in [2.45, 2.75) is 38.8 Å². The molecular weight excluding hydrogens is 426 g/mol. The highest BCUT2D eigenvalue weighted by Gasteiger charge is 2.43. The first-order valence-corrected chi connectivity index (χ1v) is 11.5. The van der Waals surface area contributed by atoms with Crippen molar-refractivity contribution in [1.82, 2.24) is 24.7 Å². The molecule has 1 aliphatic carbocycles. The van der Waals surface area contributed by atoms with Gasteiger partial charge in [-0.15, -0.1) is 5.10 Å². The maximum Gasteiger partial charge on any atom is 0.244 e. The predicted molar refractivity (Wildman–Crippen MR) is 121 cm³/mol. The van der Waals surface area contributed by atoms with Crippen LogP contribution in [0.5, 0.6) is 0 Å². The third kappa shape index (κ3) is 3.67. The van der Waals surface area contributed by atoms with Crippen molar-refractivity contribution in [3.63, 3.8) is 0 Å². The highest BCUT2D eigenvalue weighted by Crippen LogP contribution is 2.40. The van der Waals surface area contributed by atoms with Gasteiger partial charge in [-0.25, -0.2) is 23.4 Å². The van der Waals surface area contributed by atoms with Gasteiger partial charge in [-0.05, 0) is 50.2 Å². The number of aryl methyl sites for hydroxylation is 2. The summed E-state index contributed by atoms with van der Waals surface area (Å²) in [5, 5.41) is 8.31. The first-order chi connectivity index (χ1) is 16.0. The van der Waals surface area contributed by atoms with Gasteiger partial charge >= 0.3 is 0 Å². The van der Waals surface area contributed by atoms with E-state index in [1.807, 2.05) is 22.6 Å². The van der Waals surface area contributed by atoms with Gasteiger partial charge in [0.15, 0.2) is 11.6 Å². The topological polar surface area (TPSA) is 75.0 Å². The number of fused-ring (bicyclic) bond motifs is 3. The molecule has 1 N–H and O–H groups in total. The Balaban J connectivity index is 1.21. The molecule has 2 fully saturated rings. The van der Waals surface area contributed by atoms with Crippen LogP contribution in [0.1, 0.15) is 25.0 Å². The lowest BCUT2D eigenvalue weighted by molar-refractivity contribution is 0.374. The number of hydrogen-bond donors (Lipinski definition) is 1. The number of nitrogens with one attached hydrogen (secondary N) is 1. The van der Waals surface area contributed by atoms with E-state index in [2.05, 4.69) is 20.2 Å². The zero-order valence-electron chi connectivity index (χ0n) is 18.5. The summed E-state index contributed by atoms with van der Waals surface area (Å²) < 4.78 is 29.1. The zero-order valence-corrected chi connectivity index (χ0v) is 18.5. The van der Waals surface area contributed by atoms with E-state index in [0.29, 0.717) is 42.0 Å². The molecule has 0 amide bonds. The van der Waals surface area contributed by atoms with Crippen LogP contribution < -0.4 is 15.1 Å². The second-order valence-electron chi connectivity index (χ2n) is 9.25. The van der Waals surface area contributed by atoms with Gasteiger partial charge in [0.05, 0.1) is 0 Å². The van der Waals surface area contributed by atoms with Gasteiger partial charge in [-0.1, -0.05) is 0 Å². The van der Waals surface area contributed by atoms with Gasteiger partial charge in [0.1, 0.15) is 12.1 Å². The van der Waals surface area contributed by atoms with Crippen molar-refractivity contribution >= 4 is 23.4 Å². The van der Waals surface area contributed by atoms with Gasteiger partial charge in [-0.3, -0.25) is 0 Å². The van der Waals surface area contributed by atoms with E-state index in [-0.39, 0.29) is 0 Å². The molecule has 2 bridgehead atoms. The number of hydrogen-bond acceptors (Lipinski definition) is 7. The SMILES string of the molecule is Cc1cc(N2CC3CC[C@@H](C2)[C@@H]3Nc2nc3n(n2)CCCN3c2ccc(F)c(F)c2)ncn1. The molecule has 1 saturated carbocycles. The van der Waals surface area contributed by atoms with E-state index in [9.17, 15) is 8.78 Å². The molecule has 4 heterocycles. The Labute approximate surface area is 190 Å². The Bertz CT molecular complexity index is 1170. The van der Waals surface area contributed by atoms with Crippen LogP contribution in [0.25, 0.3) is 0 Å². The highest BCUT2D eigenvalue weighted by molar-refractivity contribution is 5.59. The summed E-state index contributed by atoms with van der Waals surface area (Å²) in [6, 6.07) is 6.32. The number of aromatic nitrogens is 5. The number of benzene rings is 1. The molecule has 172 valence electrons. The van der Waals surface area contributed by atoms with Crippen LogP contribution in [0, 0.1) is 30.4 Å². The average molecular weight is 453 g/mol. The summed E-state index contributed by atoms with van der Waals surface area (Å²) in [7, 11) is 0. The summed E-state index contributed by atoms with van der Waals surface area (Å²) in [6.45, 7) is 5.32. The molecule has 2 aromatic heterocycles. The minimum absolute atomic E-state index is 0.311. The second kappa shape index (κ2) is 7.93. The third-order valence-electron chi connectivity index (χ3n) is 7.10. The number of piperidine rings is 1. The van der Waals surface area contributed by atoms with Crippen molar-refractivity contribution in [3.8, 4) is 0 Å². The van der Waals surface area contributed by atoms with E-state index >= 15 is 0 Å². The third-order valence-corrected chi connectivity index (χ3v) is 7.10. The van der Waals surface area contributed by atoms with Crippen LogP contribution in [-0.4, -0.2) is 50.4 Å². The van der Waals surface area contributed by atoms with Crippen LogP contribution in [0.2, 0.25) is 0 Å². The summed E-state index contributed by atoms with van der Waals surface area (Å²) in [4.78, 5) is 17.7. The minimum Gasteiger partial charge on any atom is -0.356 e. The van der Waals surface area contributed by atoms with Crippen molar-refractivity contribution in [2.24, 2.45) is 11.8 Å². The summed E-state index contributed by atoms with van der Waals surface area (Å²) in [6.07, 6.45) is 4.82. The minimum atomic E-state index is -0.857. The molecule has 3 atom stereocenters. The lowest BCUT2D eigenvalue weighted by atomic mass is 9.92. The van der Waals surface area contributed by atoms with Gasteiger partial charge in [0.2, 0.25) is 11.9 Å². The van der Waals surface area contributed by atoms with Crippen LogP contribution in [0.3, 0.4) is 0 Å². The molecule has 33 heavy (non-hydrogen) atoms. The number of anilines is 4. The van der Waals surface area contributed by atoms with Crippen LogP contribution in [-0.2, 0) is 6.54 Å². The van der Waals surface area contributed by atoms with Crippen LogP contribution in [0.4, 0.5) is 32.2 Å². The molecule has 3 aliphatic rings. The Morgan fingerprint density at radius 3 is 2.58 bits per heavy atom.